The molecular weight excluding hydrogens is 188 g/mol. The Morgan fingerprint density at radius 1 is 1.53 bits per heavy atom. The van der Waals surface area contributed by atoms with E-state index in [0.29, 0.717) is 12.0 Å². The van der Waals surface area contributed by atoms with E-state index in [2.05, 4.69) is 25.0 Å². The van der Waals surface area contributed by atoms with Crippen LogP contribution in [0.3, 0.4) is 0 Å². The molecule has 1 aromatic rings. The zero-order valence-electron chi connectivity index (χ0n) is 9.56. The van der Waals surface area contributed by atoms with Gasteiger partial charge in [-0.05, 0) is 45.1 Å². The Bertz CT molecular complexity index is 319. The first-order valence-corrected chi connectivity index (χ1v) is 5.89. The van der Waals surface area contributed by atoms with Crippen molar-refractivity contribution in [1.29, 1.82) is 0 Å². The molecule has 0 amide bonds. The molecule has 1 fully saturated rings. The summed E-state index contributed by atoms with van der Waals surface area (Å²) in [5.41, 5.74) is 1.12. The van der Waals surface area contributed by atoms with E-state index in [4.69, 9.17) is 0 Å². The summed E-state index contributed by atoms with van der Waals surface area (Å²) in [6.45, 7) is 4.25. The molecule has 1 aliphatic carbocycles. The highest BCUT2D eigenvalue weighted by molar-refractivity contribution is 5.02. The minimum absolute atomic E-state index is 0.103. The van der Waals surface area contributed by atoms with Gasteiger partial charge < -0.3 is 5.11 Å². The standard InChI is InChI=1S/C12H20N2O/c1-9(2)14-7-6-11(13-14)8-10-4-3-5-12(10)15/h6-7,9-10,12,15H,3-5,8H2,1-2H3. The molecule has 2 rings (SSSR count). The summed E-state index contributed by atoms with van der Waals surface area (Å²) in [6.07, 6.45) is 6.14. The first-order chi connectivity index (χ1) is 7.16. The van der Waals surface area contributed by atoms with Crippen molar-refractivity contribution in [1.82, 2.24) is 9.78 Å². The lowest BCUT2D eigenvalue weighted by atomic mass is 10.00. The van der Waals surface area contributed by atoms with E-state index in [9.17, 15) is 5.11 Å². The van der Waals surface area contributed by atoms with Gasteiger partial charge in [0, 0.05) is 12.2 Å². The molecule has 1 N–H and O–H groups in total. The van der Waals surface area contributed by atoms with Crippen LogP contribution < -0.4 is 0 Å². The molecule has 2 unspecified atom stereocenters. The van der Waals surface area contributed by atoms with Crippen molar-refractivity contribution >= 4 is 0 Å². The maximum absolute atomic E-state index is 9.73. The van der Waals surface area contributed by atoms with E-state index >= 15 is 0 Å². The van der Waals surface area contributed by atoms with Crippen molar-refractivity contribution in [2.75, 3.05) is 0 Å². The van der Waals surface area contributed by atoms with Gasteiger partial charge in [-0.2, -0.15) is 5.10 Å². The number of rotatable bonds is 3. The Labute approximate surface area is 91.1 Å². The Morgan fingerprint density at radius 2 is 2.33 bits per heavy atom. The van der Waals surface area contributed by atoms with Gasteiger partial charge >= 0.3 is 0 Å². The van der Waals surface area contributed by atoms with Crippen LogP contribution in [0.15, 0.2) is 12.3 Å². The second-order valence-electron chi connectivity index (χ2n) is 4.84. The fourth-order valence-electron chi connectivity index (χ4n) is 2.30. The Balaban J connectivity index is 1.98. The molecule has 0 bridgehead atoms. The van der Waals surface area contributed by atoms with Crippen LogP contribution in [0.4, 0.5) is 0 Å². The minimum atomic E-state index is -0.103. The van der Waals surface area contributed by atoms with Gasteiger partial charge in [-0.3, -0.25) is 4.68 Å². The topological polar surface area (TPSA) is 38.0 Å². The number of aliphatic hydroxyl groups is 1. The maximum atomic E-state index is 9.73. The molecule has 3 nitrogen and oxygen atoms in total. The van der Waals surface area contributed by atoms with E-state index in [-0.39, 0.29) is 6.10 Å². The van der Waals surface area contributed by atoms with Crippen molar-refractivity contribution in [2.45, 2.75) is 51.7 Å². The smallest absolute Gasteiger partial charge is 0.0628 e. The summed E-state index contributed by atoms with van der Waals surface area (Å²) in [5, 5.41) is 14.2. The molecule has 0 aromatic carbocycles. The van der Waals surface area contributed by atoms with E-state index in [1.54, 1.807) is 0 Å². The van der Waals surface area contributed by atoms with E-state index < -0.39 is 0 Å². The zero-order chi connectivity index (χ0) is 10.8. The first kappa shape index (κ1) is 10.7. The fraction of sp³-hybridized carbons (Fsp3) is 0.750. The number of hydrogen-bond donors (Lipinski definition) is 1. The van der Waals surface area contributed by atoms with Crippen LogP contribution in [0.25, 0.3) is 0 Å². The third-order valence-electron chi connectivity index (χ3n) is 3.28. The van der Waals surface area contributed by atoms with Crippen LogP contribution in [0.2, 0.25) is 0 Å². The normalized spacial score (nSPS) is 26.4. The van der Waals surface area contributed by atoms with Crippen LogP contribution >= 0.6 is 0 Å². The summed E-state index contributed by atoms with van der Waals surface area (Å²) >= 11 is 0. The highest BCUT2D eigenvalue weighted by Gasteiger charge is 2.25. The summed E-state index contributed by atoms with van der Waals surface area (Å²) in [4.78, 5) is 0. The van der Waals surface area contributed by atoms with Gasteiger partial charge in [-0.1, -0.05) is 6.42 Å². The second-order valence-corrected chi connectivity index (χ2v) is 4.84. The van der Waals surface area contributed by atoms with Crippen molar-refractivity contribution in [2.24, 2.45) is 5.92 Å². The van der Waals surface area contributed by atoms with Crippen LogP contribution in [-0.2, 0) is 6.42 Å². The molecule has 0 aliphatic heterocycles. The fourth-order valence-corrected chi connectivity index (χ4v) is 2.30. The number of aliphatic hydroxyl groups excluding tert-OH is 1. The third-order valence-corrected chi connectivity index (χ3v) is 3.28. The van der Waals surface area contributed by atoms with Crippen molar-refractivity contribution in [3.63, 3.8) is 0 Å². The van der Waals surface area contributed by atoms with E-state index in [1.165, 1.54) is 0 Å². The molecule has 2 atom stereocenters. The van der Waals surface area contributed by atoms with Crippen LogP contribution in [0.5, 0.6) is 0 Å². The van der Waals surface area contributed by atoms with Crippen molar-refractivity contribution < 1.29 is 5.11 Å². The lowest BCUT2D eigenvalue weighted by Crippen LogP contribution is -2.16. The lowest BCUT2D eigenvalue weighted by Gasteiger charge is -2.12. The molecule has 1 heterocycles. The molecule has 1 saturated carbocycles. The second kappa shape index (κ2) is 4.35. The van der Waals surface area contributed by atoms with Gasteiger partial charge in [-0.15, -0.1) is 0 Å². The highest BCUT2D eigenvalue weighted by Crippen LogP contribution is 2.28. The van der Waals surface area contributed by atoms with Crippen molar-refractivity contribution in [3.8, 4) is 0 Å². The molecule has 3 heteroatoms. The largest absolute Gasteiger partial charge is 0.393 e. The Hall–Kier alpha value is -0.830. The molecular formula is C12H20N2O. The highest BCUT2D eigenvalue weighted by atomic mass is 16.3. The predicted molar refractivity (Wildman–Crippen MR) is 59.7 cm³/mol. The zero-order valence-corrected chi connectivity index (χ0v) is 9.56. The summed E-state index contributed by atoms with van der Waals surface area (Å²) in [6, 6.07) is 2.50. The predicted octanol–water partition coefficient (Wildman–Crippen LogP) is 2.17. The number of nitrogens with zero attached hydrogens (tertiary/aromatic N) is 2. The number of aromatic nitrogens is 2. The van der Waals surface area contributed by atoms with Crippen LogP contribution in [0.1, 0.15) is 44.8 Å². The Morgan fingerprint density at radius 3 is 2.87 bits per heavy atom. The summed E-state index contributed by atoms with van der Waals surface area (Å²) in [7, 11) is 0. The summed E-state index contributed by atoms with van der Waals surface area (Å²) < 4.78 is 1.98. The maximum Gasteiger partial charge on any atom is 0.0628 e. The SMILES string of the molecule is CC(C)n1ccc(CC2CCCC2O)n1. The molecule has 15 heavy (non-hydrogen) atoms. The monoisotopic (exact) mass is 208 g/mol. The van der Waals surface area contributed by atoms with E-state index in [1.807, 2.05) is 10.9 Å². The molecule has 1 aliphatic rings. The van der Waals surface area contributed by atoms with E-state index in [0.717, 1.165) is 31.4 Å². The molecule has 84 valence electrons. The van der Waals surface area contributed by atoms with Crippen LogP contribution in [0, 0.1) is 5.92 Å². The first-order valence-electron chi connectivity index (χ1n) is 5.89. The minimum Gasteiger partial charge on any atom is -0.393 e. The van der Waals surface area contributed by atoms with Gasteiger partial charge in [0.2, 0.25) is 0 Å². The molecule has 0 radical (unpaired) electrons. The van der Waals surface area contributed by atoms with Gasteiger partial charge in [-0.25, -0.2) is 0 Å². The summed E-state index contributed by atoms with van der Waals surface area (Å²) in [5.74, 6) is 0.431. The van der Waals surface area contributed by atoms with Gasteiger partial charge in [0.1, 0.15) is 0 Å². The van der Waals surface area contributed by atoms with Gasteiger partial charge in [0.05, 0.1) is 11.8 Å². The molecule has 0 saturated heterocycles. The average molecular weight is 208 g/mol. The van der Waals surface area contributed by atoms with Crippen LogP contribution in [-0.4, -0.2) is 21.0 Å². The Kier molecular flexibility index (Phi) is 3.10. The van der Waals surface area contributed by atoms with Gasteiger partial charge in [0.25, 0.3) is 0 Å². The van der Waals surface area contributed by atoms with Gasteiger partial charge in [0.15, 0.2) is 0 Å². The molecule has 0 spiro atoms. The number of hydrogen-bond acceptors (Lipinski definition) is 2. The third kappa shape index (κ3) is 2.40. The molecule has 1 aromatic heterocycles. The average Bonchev–Trinajstić information content (AvgIpc) is 2.77. The quantitative estimate of drug-likeness (QED) is 0.826. The van der Waals surface area contributed by atoms with Crippen molar-refractivity contribution in [3.05, 3.63) is 18.0 Å². The lowest BCUT2D eigenvalue weighted by molar-refractivity contribution is 0.132.